The molecule has 1 aliphatic rings. The smallest absolute Gasteiger partial charge is 0.0112 e. The Morgan fingerprint density at radius 1 is 1.38 bits per heavy atom. The maximum absolute atomic E-state index is 4.12. The van der Waals surface area contributed by atoms with Gasteiger partial charge in [-0.2, -0.15) is 0 Å². The summed E-state index contributed by atoms with van der Waals surface area (Å²) >= 11 is 0. The molecule has 0 saturated heterocycles. The lowest BCUT2D eigenvalue weighted by Crippen LogP contribution is -2.23. The third kappa shape index (κ3) is 2.15. The number of hydrogen-bond donors (Lipinski definition) is 0. The second kappa shape index (κ2) is 3.86. The van der Waals surface area contributed by atoms with Crippen LogP contribution < -0.4 is 0 Å². The molecule has 0 aromatic rings. The van der Waals surface area contributed by atoms with Crippen LogP contribution in [0.1, 0.15) is 53.4 Å². The first-order chi connectivity index (χ1) is 6.05. The van der Waals surface area contributed by atoms with Crippen molar-refractivity contribution in [3.05, 3.63) is 12.2 Å². The van der Waals surface area contributed by atoms with Gasteiger partial charge in [0.2, 0.25) is 0 Å². The minimum absolute atomic E-state index is 0.589. The summed E-state index contributed by atoms with van der Waals surface area (Å²) in [5.41, 5.74) is 2.09. The van der Waals surface area contributed by atoms with Crippen LogP contribution in [0.5, 0.6) is 0 Å². The van der Waals surface area contributed by atoms with Crippen molar-refractivity contribution in [2.45, 2.75) is 53.4 Å². The normalized spacial score (nSPS) is 22.5. The molecule has 0 aromatic carbocycles. The van der Waals surface area contributed by atoms with Crippen molar-refractivity contribution in [3.8, 4) is 0 Å². The van der Waals surface area contributed by atoms with Gasteiger partial charge in [-0.3, -0.25) is 0 Å². The van der Waals surface area contributed by atoms with Gasteiger partial charge in [-0.25, -0.2) is 0 Å². The molecular weight excluding hydrogens is 156 g/mol. The average Bonchev–Trinajstić information content (AvgIpc) is 2.79. The van der Waals surface area contributed by atoms with Crippen LogP contribution in [-0.4, -0.2) is 0 Å². The average molecular weight is 180 g/mol. The summed E-state index contributed by atoms with van der Waals surface area (Å²) in [4.78, 5) is 0. The van der Waals surface area contributed by atoms with Crippen molar-refractivity contribution in [2.75, 3.05) is 0 Å². The van der Waals surface area contributed by atoms with E-state index >= 15 is 0 Å². The second-order valence-electron chi connectivity index (χ2n) is 5.08. The second-order valence-corrected chi connectivity index (χ2v) is 5.08. The SMILES string of the molecule is C=C1CC1C(CC)(CC)CC(C)C. The summed E-state index contributed by atoms with van der Waals surface area (Å²) in [5.74, 6) is 1.68. The molecule has 76 valence electrons. The summed E-state index contributed by atoms with van der Waals surface area (Å²) in [6.07, 6.45) is 5.33. The summed E-state index contributed by atoms with van der Waals surface area (Å²) < 4.78 is 0. The molecule has 1 saturated carbocycles. The monoisotopic (exact) mass is 180 g/mol. The third-order valence-electron chi connectivity index (χ3n) is 3.76. The molecule has 0 heterocycles. The quantitative estimate of drug-likeness (QED) is 0.550. The van der Waals surface area contributed by atoms with Crippen LogP contribution >= 0.6 is 0 Å². The largest absolute Gasteiger partial charge is 0.0995 e. The van der Waals surface area contributed by atoms with E-state index in [1.165, 1.54) is 31.3 Å². The van der Waals surface area contributed by atoms with E-state index in [1.54, 1.807) is 0 Å². The van der Waals surface area contributed by atoms with E-state index in [0.717, 1.165) is 11.8 Å². The molecule has 1 fully saturated rings. The van der Waals surface area contributed by atoms with E-state index in [9.17, 15) is 0 Å². The van der Waals surface area contributed by atoms with Crippen molar-refractivity contribution in [2.24, 2.45) is 17.3 Å². The van der Waals surface area contributed by atoms with Crippen molar-refractivity contribution in [3.63, 3.8) is 0 Å². The van der Waals surface area contributed by atoms with Crippen LogP contribution in [0.25, 0.3) is 0 Å². The molecule has 1 unspecified atom stereocenters. The fraction of sp³-hybridized carbons (Fsp3) is 0.846. The summed E-state index contributed by atoms with van der Waals surface area (Å²) in [7, 11) is 0. The van der Waals surface area contributed by atoms with Gasteiger partial charge in [-0.1, -0.05) is 39.8 Å². The molecule has 0 bridgehead atoms. The van der Waals surface area contributed by atoms with Crippen LogP contribution in [0.3, 0.4) is 0 Å². The van der Waals surface area contributed by atoms with Crippen molar-refractivity contribution in [1.82, 2.24) is 0 Å². The molecule has 0 radical (unpaired) electrons. The van der Waals surface area contributed by atoms with Gasteiger partial charge in [-0.05, 0) is 42.9 Å². The van der Waals surface area contributed by atoms with Crippen LogP contribution in [0.2, 0.25) is 0 Å². The lowest BCUT2D eigenvalue weighted by atomic mass is 9.71. The minimum atomic E-state index is 0.589. The van der Waals surface area contributed by atoms with Crippen molar-refractivity contribution >= 4 is 0 Å². The first-order valence-electron chi connectivity index (χ1n) is 5.73. The Hall–Kier alpha value is -0.260. The molecule has 1 aliphatic carbocycles. The summed E-state index contributed by atoms with van der Waals surface area (Å²) in [6.45, 7) is 13.5. The lowest BCUT2D eigenvalue weighted by molar-refractivity contribution is 0.176. The Morgan fingerprint density at radius 3 is 2.08 bits per heavy atom. The molecule has 0 amide bonds. The van der Waals surface area contributed by atoms with Crippen LogP contribution in [0, 0.1) is 17.3 Å². The van der Waals surface area contributed by atoms with Gasteiger partial charge in [0.05, 0.1) is 0 Å². The molecular formula is C13H24. The topological polar surface area (TPSA) is 0 Å². The van der Waals surface area contributed by atoms with Crippen molar-refractivity contribution < 1.29 is 0 Å². The maximum Gasteiger partial charge on any atom is -0.0112 e. The number of hydrogen-bond acceptors (Lipinski definition) is 0. The van der Waals surface area contributed by atoms with Gasteiger partial charge in [-0.15, -0.1) is 0 Å². The molecule has 1 rings (SSSR count). The zero-order valence-electron chi connectivity index (χ0n) is 9.69. The van der Waals surface area contributed by atoms with Crippen LogP contribution in [-0.2, 0) is 0 Å². The van der Waals surface area contributed by atoms with Crippen LogP contribution in [0.4, 0.5) is 0 Å². The lowest BCUT2D eigenvalue weighted by Gasteiger charge is -2.33. The maximum atomic E-state index is 4.12. The van der Waals surface area contributed by atoms with Crippen LogP contribution in [0.15, 0.2) is 12.2 Å². The Morgan fingerprint density at radius 2 is 1.85 bits per heavy atom. The standard InChI is InChI=1S/C13H24/c1-6-13(7-2,9-10(3)4)12-8-11(12)5/h10,12H,5-9H2,1-4H3. The van der Waals surface area contributed by atoms with E-state index < -0.39 is 0 Å². The predicted octanol–water partition coefficient (Wildman–Crippen LogP) is 4.42. The van der Waals surface area contributed by atoms with E-state index in [1.807, 2.05) is 0 Å². The molecule has 0 spiro atoms. The molecule has 13 heavy (non-hydrogen) atoms. The molecule has 0 nitrogen and oxygen atoms in total. The highest BCUT2D eigenvalue weighted by molar-refractivity contribution is 5.23. The fourth-order valence-electron chi connectivity index (χ4n) is 2.84. The summed E-state index contributed by atoms with van der Waals surface area (Å²) in [5, 5.41) is 0. The third-order valence-corrected chi connectivity index (χ3v) is 3.76. The van der Waals surface area contributed by atoms with Gasteiger partial charge in [0.25, 0.3) is 0 Å². The molecule has 0 heteroatoms. The molecule has 0 N–H and O–H groups in total. The first kappa shape index (κ1) is 10.8. The van der Waals surface area contributed by atoms with Gasteiger partial charge < -0.3 is 0 Å². The van der Waals surface area contributed by atoms with Gasteiger partial charge >= 0.3 is 0 Å². The number of allylic oxidation sites excluding steroid dienone is 1. The van der Waals surface area contributed by atoms with Crippen molar-refractivity contribution in [1.29, 1.82) is 0 Å². The predicted molar refractivity (Wildman–Crippen MR) is 59.7 cm³/mol. The minimum Gasteiger partial charge on any atom is -0.0995 e. The zero-order chi connectivity index (χ0) is 10.1. The highest BCUT2D eigenvalue weighted by atomic mass is 14.5. The molecule has 0 aromatic heterocycles. The molecule has 0 aliphatic heterocycles. The zero-order valence-corrected chi connectivity index (χ0v) is 9.69. The Balaban J connectivity index is 2.67. The highest BCUT2D eigenvalue weighted by Crippen LogP contribution is 2.56. The Bertz CT molecular complexity index is 184. The highest BCUT2D eigenvalue weighted by Gasteiger charge is 2.45. The Kier molecular flexibility index (Phi) is 3.21. The fourth-order valence-corrected chi connectivity index (χ4v) is 2.84. The summed E-state index contributed by atoms with van der Waals surface area (Å²) in [6, 6.07) is 0. The van der Waals surface area contributed by atoms with E-state index in [0.29, 0.717) is 5.41 Å². The van der Waals surface area contributed by atoms with Gasteiger partial charge in [0, 0.05) is 0 Å². The van der Waals surface area contributed by atoms with Gasteiger partial charge in [0.15, 0.2) is 0 Å². The Labute approximate surface area is 83.4 Å². The molecule has 1 atom stereocenters. The first-order valence-corrected chi connectivity index (χ1v) is 5.73. The van der Waals surface area contributed by atoms with E-state index in [4.69, 9.17) is 0 Å². The number of rotatable bonds is 5. The van der Waals surface area contributed by atoms with E-state index in [2.05, 4.69) is 34.3 Å². The van der Waals surface area contributed by atoms with E-state index in [-0.39, 0.29) is 0 Å². The van der Waals surface area contributed by atoms with Gasteiger partial charge in [0.1, 0.15) is 0 Å².